The van der Waals surface area contributed by atoms with Gasteiger partial charge in [-0.05, 0) is 24.0 Å². The summed E-state index contributed by atoms with van der Waals surface area (Å²) < 4.78 is 1.60. The Bertz CT molecular complexity index is 540. The predicted octanol–water partition coefficient (Wildman–Crippen LogP) is 3.41. The average molecular weight is 242 g/mol. The zero-order valence-corrected chi connectivity index (χ0v) is 11.1. The summed E-state index contributed by atoms with van der Waals surface area (Å²) in [5.74, 6) is 0.577. The first-order valence-electron chi connectivity index (χ1n) is 6.25. The highest BCUT2D eigenvalue weighted by Gasteiger charge is 2.07. The Balaban J connectivity index is 2.31. The molecular formula is C15H18N2O. The van der Waals surface area contributed by atoms with Gasteiger partial charge >= 0.3 is 0 Å². The molecule has 1 aromatic heterocycles. The first kappa shape index (κ1) is 12.6. The standard InChI is InChI=1S/C15H18N2O/c1-4-11(2)12-5-7-13(8-6-12)15-9-14(10-18)17(3)16-15/h5-11H,4H2,1-3H3. The zero-order valence-electron chi connectivity index (χ0n) is 11.1. The van der Waals surface area contributed by atoms with E-state index in [1.54, 1.807) is 11.7 Å². The molecule has 0 bridgehead atoms. The molecule has 0 aliphatic rings. The van der Waals surface area contributed by atoms with Gasteiger partial charge in [-0.15, -0.1) is 0 Å². The Morgan fingerprint density at radius 1 is 1.33 bits per heavy atom. The van der Waals surface area contributed by atoms with Crippen LogP contribution in [0.1, 0.15) is 42.2 Å². The quantitative estimate of drug-likeness (QED) is 0.770. The van der Waals surface area contributed by atoms with E-state index in [-0.39, 0.29) is 0 Å². The molecule has 1 atom stereocenters. The molecule has 0 saturated carbocycles. The molecule has 0 fully saturated rings. The smallest absolute Gasteiger partial charge is 0.168 e. The molecule has 3 nitrogen and oxygen atoms in total. The van der Waals surface area contributed by atoms with Crippen LogP contribution in [0.25, 0.3) is 11.3 Å². The molecule has 0 amide bonds. The Kier molecular flexibility index (Phi) is 3.60. The van der Waals surface area contributed by atoms with E-state index in [1.165, 1.54) is 5.56 Å². The van der Waals surface area contributed by atoms with Gasteiger partial charge < -0.3 is 0 Å². The van der Waals surface area contributed by atoms with Crippen molar-refractivity contribution in [2.24, 2.45) is 7.05 Å². The van der Waals surface area contributed by atoms with Crippen molar-refractivity contribution in [3.63, 3.8) is 0 Å². The van der Waals surface area contributed by atoms with E-state index in [0.29, 0.717) is 11.6 Å². The van der Waals surface area contributed by atoms with Crippen LogP contribution in [0.2, 0.25) is 0 Å². The summed E-state index contributed by atoms with van der Waals surface area (Å²) in [6.45, 7) is 4.41. The van der Waals surface area contributed by atoms with Gasteiger partial charge in [0.15, 0.2) is 6.29 Å². The van der Waals surface area contributed by atoms with Gasteiger partial charge in [0.05, 0.1) is 5.69 Å². The SMILES string of the molecule is CCC(C)c1ccc(-c2cc(C=O)n(C)n2)cc1. The Labute approximate surface area is 107 Å². The highest BCUT2D eigenvalue weighted by atomic mass is 16.1. The molecule has 0 saturated heterocycles. The fourth-order valence-electron chi connectivity index (χ4n) is 1.95. The van der Waals surface area contributed by atoms with Crippen LogP contribution in [0.4, 0.5) is 0 Å². The zero-order chi connectivity index (χ0) is 13.1. The van der Waals surface area contributed by atoms with Gasteiger partial charge in [0, 0.05) is 12.6 Å². The van der Waals surface area contributed by atoms with Gasteiger partial charge in [-0.2, -0.15) is 5.10 Å². The lowest BCUT2D eigenvalue weighted by molar-refractivity contribution is 0.111. The van der Waals surface area contributed by atoms with Crippen LogP contribution in [0.5, 0.6) is 0 Å². The van der Waals surface area contributed by atoms with Crippen LogP contribution in [0, 0.1) is 0 Å². The Hall–Kier alpha value is -1.90. The summed E-state index contributed by atoms with van der Waals surface area (Å²) in [5, 5.41) is 4.33. The highest BCUT2D eigenvalue weighted by Crippen LogP contribution is 2.23. The van der Waals surface area contributed by atoms with Crippen LogP contribution in [-0.4, -0.2) is 16.1 Å². The third-order valence-electron chi connectivity index (χ3n) is 3.42. The lowest BCUT2D eigenvalue weighted by Crippen LogP contribution is -1.95. The molecule has 3 heteroatoms. The van der Waals surface area contributed by atoms with Gasteiger partial charge in [0.2, 0.25) is 0 Å². The van der Waals surface area contributed by atoms with Crippen LogP contribution in [0.3, 0.4) is 0 Å². The normalized spacial score (nSPS) is 12.4. The second kappa shape index (κ2) is 5.17. The topological polar surface area (TPSA) is 34.9 Å². The van der Waals surface area contributed by atoms with E-state index in [0.717, 1.165) is 24.0 Å². The van der Waals surface area contributed by atoms with E-state index < -0.39 is 0 Å². The summed E-state index contributed by atoms with van der Waals surface area (Å²) in [7, 11) is 1.78. The van der Waals surface area contributed by atoms with Crippen molar-refractivity contribution >= 4 is 6.29 Å². The van der Waals surface area contributed by atoms with E-state index in [4.69, 9.17) is 0 Å². The van der Waals surface area contributed by atoms with Gasteiger partial charge in [0.25, 0.3) is 0 Å². The average Bonchev–Trinajstić information content (AvgIpc) is 2.79. The lowest BCUT2D eigenvalue weighted by Gasteiger charge is -2.08. The van der Waals surface area contributed by atoms with E-state index >= 15 is 0 Å². The van der Waals surface area contributed by atoms with Crippen molar-refractivity contribution in [3.8, 4) is 11.3 Å². The first-order valence-corrected chi connectivity index (χ1v) is 6.25. The largest absolute Gasteiger partial charge is 0.296 e. The minimum atomic E-state index is 0.577. The summed E-state index contributed by atoms with van der Waals surface area (Å²) in [4.78, 5) is 10.8. The maximum Gasteiger partial charge on any atom is 0.168 e. The van der Waals surface area contributed by atoms with E-state index in [1.807, 2.05) is 6.07 Å². The van der Waals surface area contributed by atoms with Crippen LogP contribution < -0.4 is 0 Å². The molecule has 2 aromatic rings. The molecule has 0 spiro atoms. The van der Waals surface area contributed by atoms with Crippen LogP contribution in [0.15, 0.2) is 30.3 Å². The number of aldehydes is 1. The number of aromatic nitrogens is 2. The maximum absolute atomic E-state index is 10.8. The van der Waals surface area contributed by atoms with E-state index in [2.05, 4.69) is 43.2 Å². The van der Waals surface area contributed by atoms with Gasteiger partial charge in [0.1, 0.15) is 5.69 Å². The number of benzene rings is 1. The summed E-state index contributed by atoms with van der Waals surface area (Å²) in [5.41, 5.74) is 3.82. The molecule has 1 aromatic carbocycles. The highest BCUT2D eigenvalue weighted by molar-refractivity contribution is 5.75. The lowest BCUT2D eigenvalue weighted by atomic mass is 9.97. The minimum absolute atomic E-state index is 0.577. The Morgan fingerprint density at radius 2 is 2.00 bits per heavy atom. The molecule has 94 valence electrons. The number of nitrogens with zero attached hydrogens (tertiary/aromatic N) is 2. The molecule has 1 unspecified atom stereocenters. The number of carbonyl (C=O) groups is 1. The van der Waals surface area contributed by atoms with Crippen molar-refractivity contribution in [2.45, 2.75) is 26.2 Å². The molecule has 0 aliphatic carbocycles. The molecular weight excluding hydrogens is 224 g/mol. The van der Waals surface area contributed by atoms with Crippen molar-refractivity contribution in [1.82, 2.24) is 9.78 Å². The van der Waals surface area contributed by atoms with Crippen molar-refractivity contribution in [2.75, 3.05) is 0 Å². The minimum Gasteiger partial charge on any atom is -0.296 e. The number of carbonyl (C=O) groups excluding carboxylic acids is 1. The van der Waals surface area contributed by atoms with Gasteiger partial charge in [-0.1, -0.05) is 38.1 Å². The second-order valence-electron chi connectivity index (χ2n) is 4.63. The molecule has 0 aliphatic heterocycles. The Morgan fingerprint density at radius 3 is 2.50 bits per heavy atom. The molecule has 18 heavy (non-hydrogen) atoms. The maximum atomic E-state index is 10.8. The van der Waals surface area contributed by atoms with E-state index in [9.17, 15) is 4.79 Å². The number of hydrogen-bond donors (Lipinski definition) is 0. The summed E-state index contributed by atoms with van der Waals surface area (Å²) >= 11 is 0. The predicted molar refractivity (Wildman–Crippen MR) is 72.7 cm³/mol. The third-order valence-corrected chi connectivity index (χ3v) is 3.42. The number of aryl methyl sites for hydroxylation is 1. The van der Waals surface area contributed by atoms with Crippen molar-refractivity contribution in [1.29, 1.82) is 0 Å². The molecule has 0 N–H and O–H groups in total. The fraction of sp³-hybridized carbons (Fsp3) is 0.333. The monoisotopic (exact) mass is 242 g/mol. The summed E-state index contributed by atoms with van der Waals surface area (Å²) in [6.07, 6.45) is 1.96. The second-order valence-corrected chi connectivity index (χ2v) is 4.63. The van der Waals surface area contributed by atoms with Crippen LogP contribution in [-0.2, 0) is 7.05 Å². The third kappa shape index (κ3) is 2.35. The van der Waals surface area contributed by atoms with Crippen LogP contribution >= 0.6 is 0 Å². The molecule has 1 heterocycles. The number of hydrogen-bond acceptors (Lipinski definition) is 2. The molecule has 2 rings (SSSR count). The number of rotatable bonds is 4. The van der Waals surface area contributed by atoms with Gasteiger partial charge in [-0.3, -0.25) is 9.48 Å². The first-order chi connectivity index (χ1) is 8.65. The molecule has 0 radical (unpaired) electrons. The van der Waals surface area contributed by atoms with Crippen molar-refractivity contribution < 1.29 is 4.79 Å². The summed E-state index contributed by atoms with van der Waals surface area (Å²) in [6, 6.07) is 10.2. The van der Waals surface area contributed by atoms with Crippen molar-refractivity contribution in [3.05, 3.63) is 41.6 Å². The van der Waals surface area contributed by atoms with Gasteiger partial charge in [-0.25, -0.2) is 0 Å². The fourth-order valence-corrected chi connectivity index (χ4v) is 1.95.